The summed E-state index contributed by atoms with van der Waals surface area (Å²) in [5.41, 5.74) is 8.85. The van der Waals surface area contributed by atoms with Crippen molar-refractivity contribution < 1.29 is 19.0 Å². The number of primary amides is 1. The van der Waals surface area contributed by atoms with Crippen molar-refractivity contribution in [3.05, 3.63) is 70.8 Å². The molecule has 8 heteroatoms. The van der Waals surface area contributed by atoms with Crippen molar-refractivity contribution in [3.63, 3.8) is 0 Å². The fourth-order valence-electron chi connectivity index (χ4n) is 4.99. The molecule has 1 amide bonds. The monoisotopic (exact) mass is 448 g/mol. The minimum absolute atomic E-state index is 0.0300. The number of rotatable bonds is 5. The lowest BCUT2D eigenvalue weighted by molar-refractivity contribution is -0.120. The van der Waals surface area contributed by atoms with Crippen LogP contribution in [0.25, 0.3) is 21.8 Å². The number of amides is 1. The van der Waals surface area contributed by atoms with Crippen molar-refractivity contribution in [2.75, 3.05) is 20.2 Å². The lowest BCUT2D eigenvalue weighted by Crippen LogP contribution is -2.47. The normalized spacial score (nSPS) is 18.5. The highest BCUT2D eigenvalue weighted by Gasteiger charge is 2.38. The minimum Gasteiger partial charge on any atom is -0.494 e. The van der Waals surface area contributed by atoms with Crippen molar-refractivity contribution in [3.8, 4) is 5.75 Å². The topological polar surface area (TPSA) is 104 Å². The summed E-state index contributed by atoms with van der Waals surface area (Å²) in [5.74, 6) is -0.709. The fraction of sp³-hybridized carbons (Fsp3) is 0.280. The van der Waals surface area contributed by atoms with E-state index in [4.69, 9.17) is 15.5 Å². The molecule has 1 unspecified atom stereocenters. The van der Waals surface area contributed by atoms with Gasteiger partial charge in [0.1, 0.15) is 5.60 Å². The largest absolute Gasteiger partial charge is 0.494 e. The van der Waals surface area contributed by atoms with E-state index in [1.54, 1.807) is 17.9 Å². The first kappa shape index (κ1) is 21.4. The molecule has 4 aromatic rings. The number of carbonyl (C=O) groups is 1. The van der Waals surface area contributed by atoms with Crippen molar-refractivity contribution in [1.82, 2.24) is 14.9 Å². The Hall–Kier alpha value is -3.49. The molecule has 0 fully saturated rings. The second kappa shape index (κ2) is 7.83. The van der Waals surface area contributed by atoms with Crippen molar-refractivity contribution in [2.45, 2.75) is 25.5 Å². The van der Waals surface area contributed by atoms with Gasteiger partial charge in [0.05, 0.1) is 30.6 Å². The first-order valence-electron chi connectivity index (χ1n) is 10.7. The highest BCUT2D eigenvalue weighted by atomic mass is 19.1. The molecule has 0 radical (unpaired) electrons. The van der Waals surface area contributed by atoms with Crippen LogP contribution in [-0.2, 0) is 23.4 Å². The molecule has 0 spiro atoms. The maximum absolute atomic E-state index is 14.3. The van der Waals surface area contributed by atoms with E-state index in [9.17, 15) is 14.3 Å². The predicted molar refractivity (Wildman–Crippen MR) is 123 cm³/mol. The number of aromatic nitrogens is 2. The lowest BCUT2D eigenvalue weighted by Gasteiger charge is -2.38. The van der Waals surface area contributed by atoms with Gasteiger partial charge in [-0.2, -0.15) is 0 Å². The quantitative estimate of drug-likeness (QED) is 0.435. The van der Waals surface area contributed by atoms with E-state index in [-0.39, 0.29) is 18.8 Å². The van der Waals surface area contributed by atoms with Gasteiger partial charge < -0.3 is 20.6 Å². The molecule has 7 nitrogen and oxygen atoms in total. The Morgan fingerprint density at radius 1 is 1.33 bits per heavy atom. The number of carbonyl (C=O) groups excluding carboxylic acids is 1. The number of H-pyrrole nitrogens is 1. The summed E-state index contributed by atoms with van der Waals surface area (Å²) in [6.07, 6.45) is 0.384. The zero-order valence-electron chi connectivity index (χ0n) is 18.5. The average Bonchev–Trinajstić information content (AvgIpc) is 3.12. The van der Waals surface area contributed by atoms with Crippen LogP contribution in [0.15, 0.2) is 42.5 Å². The van der Waals surface area contributed by atoms with Crippen molar-refractivity contribution in [2.24, 2.45) is 5.73 Å². The number of halogens is 1. The third-order valence-corrected chi connectivity index (χ3v) is 6.21. The minimum atomic E-state index is -1.23. The lowest BCUT2D eigenvalue weighted by atomic mass is 9.85. The number of aliphatic hydroxyl groups is 1. The third kappa shape index (κ3) is 3.71. The number of hydrogen-bond acceptors (Lipinski definition) is 5. The van der Waals surface area contributed by atoms with Crippen LogP contribution >= 0.6 is 0 Å². The summed E-state index contributed by atoms with van der Waals surface area (Å²) < 4.78 is 19.4. The van der Waals surface area contributed by atoms with Crippen LogP contribution in [0, 0.1) is 5.82 Å². The Kier molecular flexibility index (Phi) is 5.07. The molecule has 3 heterocycles. The molecule has 170 valence electrons. The summed E-state index contributed by atoms with van der Waals surface area (Å²) in [6.45, 7) is 2.42. The maximum atomic E-state index is 14.3. The van der Waals surface area contributed by atoms with Crippen LogP contribution in [0.4, 0.5) is 4.39 Å². The van der Waals surface area contributed by atoms with E-state index in [1.165, 1.54) is 13.2 Å². The zero-order chi connectivity index (χ0) is 23.3. The highest BCUT2D eigenvalue weighted by molar-refractivity contribution is 6.10. The van der Waals surface area contributed by atoms with E-state index in [0.717, 1.165) is 38.6 Å². The molecule has 0 bridgehead atoms. The standard InChI is InChI=1S/C25H25FN4O3/c1-25(32)13-30(12-21(27)31)11-19-23(25)22-15-5-3-4-6-17(15)29-24(22)18(28-19)10-14-7-8-20(33-2)16(26)9-14/h3-9,29,32H,10-13H2,1-2H3,(H2,27,31). The van der Waals surface area contributed by atoms with Gasteiger partial charge in [0.25, 0.3) is 0 Å². The maximum Gasteiger partial charge on any atom is 0.231 e. The van der Waals surface area contributed by atoms with Gasteiger partial charge in [0.15, 0.2) is 11.6 Å². The van der Waals surface area contributed by atoms with Crippen molar-refractivity contribution >= 4 is 27.7 Å². The number of para-hydroxylation sites is 1. The van der Waals surface area contributed by atoms with Crippen LogP contribution in [0.2, 0.25) is 0 Å². The summed E-state index contributed by atoms with van der Waals surface area (Å²) in [6, 6.07) is 12.8. The number of pyridine rings is 1. The highest BCUT2D eigenvalue weighted by Crippen LogP contribution is 2.41. The molecule has 5 rings (SSSR count). The molecule has 0 aliphatic carbocycles. The SMILES string of the molecule is COc1ccc(Cc2nc3c(c4c2[nH]c2ccccc24)C(C)(O)CN(CC(N)=O)C3)cc1F. The molecule has 2 aromatic carbocycles. The van der Waals surface area contributed by atoms with Crippen LogP contribution in [0.3, 0.4) is 0 Å². The zero-order valence-corrected chi connectivity index (χ0v) is 18.5. The molecule has 0 saturated carbocycles. The molecular weight excluding hydrogens is 423 g/mol. The number of methoxy groups -OCH3 is 1. The van der Waals surface area contributed by atoms with Gasteiger partial charge in [-0.3, -0.25) is 14.7 Å². The van der Waals surface area contributed by atoms with Crippen LogP contribution in [-0.4, -0.2) is 46.1 Å². The second-order valence-corrected chi connectivity index (χ2v) is 8.83. The number of aromatic amines is 1. The number of fused-ring (bicyclic) bond motifs is 5. The number of nitrogens with one attached hydrogen (secondary N) is 1. The Morgan fingerprint density at radius 3 is 2.85 bits per heavy atom. The Labute approximate surface area is 190 Å². The number of nitrogens with two attached hydrogens (primary N) is 1. The summed E-state index contributed by atoms with van der Waals surface area (Å²) in [7, 11) is 1.43. The van der Waals surface area contributed by atoms with Gasteiger partial charge in [-0.25, -0.2) is 4.39 Å². The number of β-amino-alcohol motifs (C(OH)–C–C–N with tert-alkyl or cyclic N) is 1. The van der Waals surface area contributed by atoms with E-state index in [0.29, 0.717) is 18.7 Å². The van der Waals surface area contributed by atoms with Gasteiger partial charge in [-0.05, 0) is 30.7 Å². The number of nitrogens with zero attached hydrogens (tertiary/aromatic N) is 2. The average molecular weight is 448 g/mol. The Bertz CT molecular complexity index is 1400. The molecular formula is C25H25FN4O3. The Morgan fingerprint density at radius 2 is 2.12 bits per heavy atom. The first-order chi connectivity index (χ1) is 15.8. The fourth-order valence-corrected chi connectivity index (χ4v) is 4.99. The van der Waals surface area contributed by atoms with Crippen LogP contribution in [0.1, 0.15) is 29.4 Å². The number of ether oxygens (including phenoxy) is 1. The van der Waals surface area contributed by atoms with Gasteiger partial charge in [-0.15, -0.1) is 0 Å². The van der Waals surface area contributed by atoms with Crippen LogP contribution in [0.5, 0.6) is 5.75 Å². The third-order valence-electron chi connectivity index (χ3n) is 6.21. The van der Waals surface area contributed by atoms with E-state index in [2.05, 4.69) is 4.98 Å². The van der Waals surface area contributed by atoms with E-state index >= 15 is 0 Å². The molecule has 1 atom stereocenters. The molecule has 33 heavy (non-hydrogen) atoms. The van der Waals surface area contributed by atoms with Crippen LogP contribution < -0.4 is 10.5 Å². The number of hydrogen-bond donors (Lipinski definition) is 3. The Balaban J connectivity index is 1.72. The second-order valence-electron chi connectivity index (χ2n) is 8.83. The summed E-state index contributed by atoms with van der Waals surface area (Å²) in [5, 5.41) is 13.3. The van der Waals surface area contributed by atoms with Gasteiger partial charge in [-0.1, -0.05) is 24.3 Å². The van der Waals surface area contributed by atoms with Gasteiger partial charge in [0, 0.05) is 41.4 Å². The molecule has 1 aliphatic heterocycles. The van der Waals surface area contributed by atoms with Crippen molar-refractivity contribution in [1.29, 1.82) is 0 Å². The molecule has 4 N–H and O–H groups in total. The molecule has 1 aliphatic rings. The van der Waals surface area contributed by atoms with Gasteiger partial charge in [0.2, 0.25) is 5.91 Å². The van der Waals surface area contributed by atoms with E-state index < -0.39 is 17.3 Å². The van der Waals surface area contributed by atoms with Gasteiger partial charge >= 0.3 is 0 Å². The first-order valence-corrected chi connectivity index (χ1v) is 10.7. The molecule has 2 aromatic heterocycles. The predicted octanol–water partition coefficient (Wildman–Crippen LogP) is 2.96. The summed E-state index contributed by atoms with van der Waals surface area (Å²) >= 11 is 0. The molecule has 0 saturated heterocycles. The smallest absolute Gasteiger partial charge is 0.231 e. The van der Waals surface area contributed by atoms with E-state index in [1.807, 2.05) is 30.3 Å². The summed E-state index contributed by atoms with van der Waals surface area (Å²) in [4.78, 5) is 21.7. The number of benzene rings is 2.